The Hall–Kier alpha value is -1.20. The van der Waals surface area contributed by atoms with Gasteiger partial charge in [-0.05, 0) is 56.5 Å². The number of pyridine rings is 1. The van der Waals surface area contributed by atoms with E-state index in [4.69, 9.17) is 12.2 Å². The summed E-state index contributed by atoms with van der Waals surface area (Å²) in [5, 5.41) is 9.59. The molecule has 1 aliphatic carbocycles. The summed E-state index contributed by atoms with van der Waals surface area (Å²) in [5.74, 6) is 0. The first-order chi connectivity index (χ1) is 8.66. The second-order valence-corrected chi connectivity index (χ2v) is 5.48. The lowest BCUT2D eigenvalue weighted by Crippen LogP contribution is -2.21. The van der Waals surface area contributed by atoms with Crippen LogP contribution in [0.4, 0.5) is 0 Å². The van der Waals surface area contributed by atoms with Gasteiger partial charge in [0.05, 0.1) is 11.6 Å². The number of rotatable bonds is 1. The molecule has 18 heavy (non-hydrogen) atoms. The first-order valence-corrected chi connectivity index (χ1v) is 6.81. The molecule has 0 bridgehead atoms. The average molecular weight is 263 g/mol. The van der Waals surface area contributed by atoms with Gasteiger partial charge in [-0.2, -0.15) is 0 Å². The summed E-state index contributed by atoms with van der Waals surface area (Å²) in [6.07, 6.45) is 5.33. The minimum absolute atomic E-state index is 0.143. The molecule has 0 spiro atoms. The van der Waals surface area contributed by atoms with Gasteiger partial charge in [0.1, 0.15) is 0 Å². The quantitative estimate of drug-likeness (QED) is 0.778. The van der Waals surface area contributed by atoms with E-state index in [0.29, 0.717) is 6.04 Å². The van der Waals surface area contributed by atoms with E-state index in [0.717, 1.165) is 41.6 Å². The van der Waals surface area contributed by atoms with Crippen LogP contribution in [0.2, 0.25) is 0 Å². The molecule has 2 aromatic rings. The van der Waals surface area contributed by atoms with Gasteiger partial charge >= 0.3 is 0 Å². The largest absolute Gasteiger partial charge is 0.393 e. The van der Waals surface area contributed by atoms with E-state index < -0.39 is 0 Å². The highest BCUT2D eigenvalue weighted by molar-refractivity contribution is 7.71. The summed E-state index contributed by atoms with van der Waals surface area (Å²) in [5.41, 5.74) is 3.15. The minimum atomic E-state index is -0.143. The van der Waals surface area contributed by atoms with Crippen molar-refractivity contribution in [3.63, 3.8) is 0 Å². The molecular formula is C13H17N3OS. The van der Waals surface area contributed by atoms with Crippen molar-refractivity contribution in [2.24, 2.45) is 0 Å². The third-order valence-electron chi connectivity index (χ3n) is 3.85. The monoisotopic (exact) mass is 263 g/mol. The molecule has 2 aromatic heterocycles. The lowest BCUT2D eigenvalue weighted by Gasteiger charge is -2.26. The van der Waals surface area contributed by atoms with Crippen molar-refractivity contribution in [3.05, 3.63) is 22.6 Å². The van der Waals surface area contributed by atoms with Crippen molar-refractivity contribution in [2.75, 3.05) is 0 Å². The molecule has 3 rings (SSSR count). The molecule has 0 saturated heterocycles. The molecule has 0 unspecified atom stereocenters. The molecule has 0 aliphatic heterocycles. The lowest BCUT2D eigenvalue weighted by molar-refractivity contribution is 0.111. The van der Waals surface area contributed by atoms with Gasteiger partial charge < -0.3 is 10.1 Å². The molecule has 4 nitrogen and oxygen atoms in total. The Kier molecular flexibility index (Phi) is 2.95. The number of aromatic amines is 1. The van der Waals surface area contributed by atoms with E-state index in [1.807, 2.05) is 12.3 Å². The number of nitrogens with zero attached hydrogens (tertiary/aromatic N) is 2. The molecular weight excluding hydrogens is 246 g/mol. The van der Waals surface area contributed by atoms with Crippen LogP contribution in [0.5, 0.6) is 0 Å². The maximum absolute atomic E-state index is 9.59. The highest BCUT2D eigenvalue weighted by Crippen LogP contribution is 2.31. The van der Waals surface area contributed by atoms with E-state index in [1.54, 1.807) is 0 Å². The second-order valence-electron chi connectivity index (χ2n) is 5.09. The molecule has 1 fully saturated rings. The van der Waals surface area contributed by atoms with Gasteiger partial charge in [0.15, 0.2) is 10.4 Å². The van der Waals surface area contributed by atoms with E-state index >= 15 is 0 Å². The predicted molar refractivity (Wildman–Crippen MR) is 73.2 cm³/mol. The highest BCUT2D eigenvalue weighted by Gasteiger charge is 2.23. The predicted octanol–water partition coefficient (Wildman–Crippen LogP) is 2.88. The van der Waals surface area contributed by atoms with E-state index in [1.165, 1.54) is 5.56 Å². The minimum Gasteiger partial charge on any atom is -0.393 e. The van der Waals surface area contributed by atoms with Crippen LogP contribution in [0, 0.1) is 11.7 Å². The van der Waals surface area contributed by atoms with Gasteiger partial charge in [0, 0.05) is 12.2 Å². The molecule has 96 valence electrons. The van der Waals surface area contributed by atoms with Crippen molar-refractivity contribution >= 4 is 23.4 Å². The molecule has 0 aromatic carbocycles. The average Bonchev–Trinajstić information content (AvgIpc) is 2.69. The first kappa shape index (κ1) is 11.9. The summed E-state index contributed by atoms with van der Waals surface area (Å²) >= 11 is 5.43. The third kappa shape index (κ3) is 1.87. The van der Waals surface area contributed by atoms with Crippen LogP contribution < -0.4 is 0 Å². The first-order valence-electron chi connectivity index (χ1n) is 6.40. The van der Waals surface area contributed by atoms with Gasteiger partial charge in [-0.25, -0.2) is 4.98 Å². The van der Waals surface area contributed by atoms with Crippen LogP contribution in [-0.4, -0.2) is 25.7 Å². The van der Waals surface area contributed by atoms with Crippen LogP contribution in [0.15, 0.2) is 12.3 Å². The van der Waals surface area contributed by atoms with E-state index in [9.17, 15) is 5.11 Å². The van der Waals surface area contributed by atoms with Crippen molar-refractivity contribution in [1.29, 1.82) is 0 Å². The lowest BCUT2D eigenvalue weighted by atomic mass is 9.93. The number of imidazole rings is 1. The summed E-state index contributed by atoms with van der Waals surface area (Å²) in [6, 6.07) is 2.35. The van der Waals surface area contributed by atoms with Gasteiger partial charge in [0.2, 0.25) is 0 Å². The molecule has 0 amide bonds. The van der Waals surface area contributed by atoms with Crippen LogP contribution in [0.1, 0.15) is 37.3 Å². The number of aliphatic hydroxyl groups is 1. The Morgan fingerprint density at radius 2 is 2.11 bits per heavy atom. The fourth-order valence-corrected chi connectivity index (χ4v) is 3.14. The number of fused-ring (bicyclic) bond motifs is 1. The number of hydrogen-bond donors (Lipinski definition) is 2. The highest BCUT2D eigenvalue weighted by atomic mass is 32.1. The normalized spacial score (nSPS) is 24.6. The number of nitrogens with one attached hydrogen (secondary N) is 1. The maximum atomic E-state index is 9.59. The van der Waals surface area contributed by atoms with Crippen molar-refractivity contribution in [2.45, 2.75) is 44.8 Å². The van der Waals surface area contributed by atoms with Gasteiger partial charge in [-0.15, -0.1) is 0 Å². The van der Waals surface area contributed by atoms with Gasteiger partial charge in [-0.3, -0.25) is 4.57 Å². The number of hydrogen-bond acceptors (Lipinski definition) is 3. The maximum Gasteiger partial charge on any atom is 0.179 e. The zero-order valence-electron chi connectivity index (χ0n) is 10.4. The van der Waals surface area contributed by atoms with Crippen LogP contribution in [-0.2, 0) is 0 Å². The fraction of sp³-hybridized carbons (Fsp3) is 0.538. The number of H-pyrrole nitrogens is 1. The van der Waals surface area contributed by atoms with Crippen molar-refractivity contribution in [1.82, 2.24) is 14.5 Å². The molecule has 0 atom stereocenters. The molecule has 2 heterocycles. The second kappa shape index (κ2) is 4.48. The van der Waals surface area contributed by atoms with E-state index in [-0.39, 0.29) is 6.10 Å². The Morgan fingerprint density at radius 3 is 2.83 bits per heavy atom. The van der Waals surface area contributed by atoms with Gasteiger partial charge in [-0.1, -0.05) is 0 Å². The Balaban J connectivity index is 2.09. The number of aryl methyl sites for hydroxylation is 1. The SMILES string of the molecule is Cc1ccnc2c1[nH]c(=S)n2C1CCC(O)CC1. The van der Waals surface area contributed by atoms with Gasteiger partial charge in [0.25, 0.3) is 0 Å². The summed E-state index contributed by atoms with van der Waals surface area (Å²) in [6.45, 7) is 2.06. The number of aromatic nitrogens is 3. The van der Waals surface area contributed by atoms with Crippen molar-refractivity contribution < 1.29 is 5.11 Å². The molecule has 0 radical (unpaired) electrons. The fourth-order valence-electron chi connectivity index (χ4n) is 2.80. The smallest absolute Gasteiger partial charge is 0.179 e. The molecule has 1 saturated carbocycles. The Morgan fingerprint density at radius 1 is 1.39 bits per heavy atom. The Labute approximate surface area is 111 Å². The third-order valence-corrected chi connectivity index (χ3v) is 4.15. The van der Waals surface area contributed by atoms with E-state index in [2.05, 4.69) is 21.5 Å². The summed E-state index contributed by atoms with van der Waals surface area (Å²) in [4.78, 5) is 7.72. The molecule has 1 aliphatic rings. The van der Waals surface area contributed by atoms with Crippen LogP contribution in [0.25, 0.3) is 11.2 Å². The number of aliphatic hydroxyl groups excluding tert-OH is 1. The van der Waals surface area contributed by atoms with Crippen LogP contribution in [0.3, 0.4) is 0 Å². The molecule has 5 heteroatoms. The summed E-state index contributed by atoms with van der Waals surface area (Å²) < 4.78 is 2.87. The Bertz CT molecular complexity index is 623. The zero-order chi connectivity index (χ0) is 12.7. The summed E-state index contributed by atoms with van der Waals surface area (Å²) in [7, 11) is 0. The van der Waals surface area contributed by atoms with Crippen molar-refractivity contribution in [3.8, 4) is 0 Å². The zero-order valence-corrected chi connectivity index (χ0v) is 11.2. The standard InChI is InChI=1S/C13H17N3OS/c1-8-6-7-14-12-11(8)15-13(18)16(12)9-2-4-10(17)5-3-9/h6-7,9-10,17H,2-5H2,1H3,(H,15,18). The topological polar surface area (TPSA) is 53.8 Å². The molecule has 2 N–H and O–H groups in total. The van der Waals surface area contributed by atoms with Crippen LogP contribution >= 0.6 is 12.2 Å².